The summed E-state index contributed by atoms with van der Waals surface area (Å²) < 4.78 is 26.7. The lowest BCUT2D eigenvalue weighted by Gasteiger charge is -2.37. The van der Waals surface area contributed by atoms with Gasteiger partial charge in [0, 0.05) is 56.8 Å². The summed E-state index contributed by atoms with van der Waals surface area (Å²) in [6.45, 7) is 5.95. The fourth-order valence-corrected chi connectivity index (χ4v) is 4.14. The highest BCUT2D eigenvalue weighted by Crippen LogP contribution is 2.30. The van der Waals surface area contributed by atoms with Crippen LogP contribution in [0.15, 0.2) is 0 Å². The third kappa shape index (κ3) is 5.04. The number of amides is 1. The van der Waals surface area contributed by atoms with Gasteiger partial charge in [0.2, 0.25) is 5.91 Å². The van der Waals surface area contributed by atoms with E-state index in [2.05, 4.69) is 10.2 Å². The quantitative estimate of drug-likeness (QED) is 0.833. The molecule has 2 N–H and O–H groups in total. The van der Waals surface area contributed by atoms with Crippen molar-refractivity contribution in [2.45, 2.75) is 63.9 Å². The second kappa shape index (κ2) is 7.83. The van der Waals surface area contributed by atoms with E-state index in [0.717, 1.165) is 23.4 Å². The Labute approximate surface area is 158 Å². The van der Waals surface area contributed by atoms with Crippen molar-refractivity contribution in [2.75, 3.05) is 32.7 Å². The molecule has 1 aromatic rings. The molecular weight excluding hydrogens is 354 g/mol. The van der Waals surface area contributed by atoms with Gasteiger partial charge in [-0.05, 0) is 33.1 Å². The molecule has 0 aliphatic carbocycles. The van der Waals surface area contributed by atoms with Gasteiger partial charge in [0.15, 0.2) is 0 Å². The van der Waals surface area contributed by atoms with Crippen LogP contribution >= 0.6 is 0 Å². The Morgan fingerprint density at radius 1 is 1.15 bits per heavy atom. The zero-order chi connectivity index (χ0) is 19.7. The minimum absolute atomic E-state index is 0.0458. The highest BCUT2D eigenvalue weighted by Gasteiger charge is 2.38. The van der Waals surface area contributed by atoms with Crippen LogP contribution in [0.2, 0.25) is 0 Å². The Hall–Kier alpha value is -1.54. The summed E-state index contributed by atoms with van der Waals surface area (Å²) in [5.41, 5.74) is 1.78. The predicted molar refractivity (Wildman–Crippen MR) is 97.8 cm³/mol. The maximum atomic E-state index is 13.3. The lowest BCUT2D eigenvalue weighted by atomic mass is 9.93. The zero-order valence-corrected chi connectivity index (χ0v) is 16.2. The van der Waals surface area contributed by atoms with Gasteiger partial charge in [0.05, 0.1) is 17.7 Å². The summed E-state index contributed by atoms with van der Waals surface area (Å²) in [7, 11) is 0. The van der Waals surface area contributed by atoms with Crippen LogP contribution < -0.4 is 0 Å². The molecule has 0 aromatic carbocycles. The van der Waals surface area contributed by atoms with Gasteiger partial charge in [-0.2, -0.15) is 5.10 Å². The number of nitrogens with one attached hydrogen (secondary N) is 1. The molecule has 0 bridgehead atoms. The number of halogens is 2. The second-order valence-electron chi connectivity index (χ2n) is 8.18. The molecule has 152 valence electrons. The molecule has 3 heterocycles. The fourth-order valence-electron chi connectivity index (χ4n) is 4.14. The lowest BCUT2D eigenvalue weighted by molar-refractivity contribution is -0.130. The molecule has 2 aliphatic heterocycles. The molecule has 6 nitrogen and oxygen atoms in total. The van der Waals surface area contributed by atoms with Crippen molar-refractivity contribution in [3.05, 3.63) is 17.0 Å². The van der Waals surface area contributed by atoms with Crippen LogP contribution in [0.5, 0.6) is 0 Å². The summed E-state index contributed by atoms with van der Waals surface area (Å²) in [6.07, 6.45) is 1.82. The highest BCUT2D eigenvalue weighted by molar-refractivity contribution is 5.79. The first-order valence-corrected chi connectivity index (χ1v) is 9.78. The van der Waals surface area contributed by atoms with E-state index in [9.17, 15) is 18.7 Å². The number of piperidine rings is 1. The van der Waals surface area contributed by atoms with Crippen molar-refractivity contribution in [3.8, 4) is 0 Å². The molecule has 8 heteroatoms. The predicted octanol–water partition coefficient (Wildman–Crippen LogP) is 2.04. The molecule has 3 rings (SSSR count). The Kier molecular flexibility index (Phi) is 5.86. The summed E-state index contributed by atoms with van der Waals surface area (Å²) >= 11 is 0. The van der Waals surface area contributed by atoms with Gasteiger partial charge >= 0.3 is 0 Å². The molecule has 1 aromatic heterocycles. The van der Waals surface area contributed by atoms with Gasteiger partial charge in [0.25, 0.3) is 5.92 Å². The van der Waals surface area contributed by atoms with Gasteiger partial charge < -0.3 is 14.9 Å². The molecule has 0 radical (unpaired) electrons. The van der Waals surface area contributed by atoms with Crippen molar-refractivity contribution in [1.29, 1.82) is 0 Å². The molecule has 0 unspecified atom stereocenters. The van der Waals surface area contributed by atoms with Crippen molar-refractivity contribution >= 4 is 5.91 Å². The van der Waals surface area contributed by atoms with Crippen LogP contribution in [0.1, 0.15) is 49.1 Å². The number of carbonyl (C=O) groups is 1. The number of nitrogens with zero attached hydrogens (tertiary/aromatic N) is 3. The molecular formula is C19H30F2N4O2. The lowest BCUT2D eigenvalue weighted by Crippen LogP contribution is -2.48. The Bertz CT molecular complexity index is 649. The number of aryl methyl sites for hydroxylation is 2. The van der Waals surface area contributed by atoms with Gasteiger partial charge in [-0.15, -0.1) is 0 Å². The van der Waals surface area contributed by atoms with Gasteiger partial charge in [-0.1, -0.05) is 0 Å². The van der Waals surface area contributed by atoms with Crippen LogP contribution in [-0.4, -0.2) is 75.3 Å². The Morgan fingerprint density at radius 3 is 2.48 bits per heavy atom. The van der Waals surface area contributed by atoms with Crippen LogP contribution in [0.3, 0.4) is 0 Å². The number of hydrogen-bond donors (Lipinski definition) is 2. The van der Waals surface area contributed by atoms with Crippen molar-refractivity contribution in [1.82, 2.24) is 20.0 Å². The van der Waals surface area contributed by atoms with E-state index in [4.69, 9.17) is 0 Å². The van der Waals surface area contributed by atoms with E-state index in [0.29, 0.717) is 52.0 Å². The van der Waals surface area contributed by atoms with E-state index in [-0.39, 0.29) is 18.7 Å². The highest BCUT2D eigenvalue weighted by atomic mass is 19.3. The minimum atomic E-state index is -2.57. The van der Waals surface area contributed by atoms with Crippen LogP contribution in [0.25, 0.3) is 0 Å². The molecule has 0 spiro atoms. The number of alkyl halides is 2. The molecule has 2 saturated heterocycles. The number of β-amino-alcohol motifs (C(OH)–C–C–N with tert-alkyl or cyclic N) is 1. The van der Waals surface area contributed by atoms with Crippen molar-refractivity contribution in [3.63, 3.8) is 0 Å². The SMILES string of the molecule is Cc1n[nH]c(C)c1CC(=O)N1CCC[C@@](O)(CN2CCC(F)(F)CC2)CC1. The first-order chi connectivity index (χ1) is 12.7. The Morgan fingerprint density at radius 2 is 1.85 bits per heavy atom. The third-order valence-corrected chi connectivity index (χ3v) is 5.98. The van der Waals surface area contributed by atoms with Gasteiger partial charge in [0.1, 0.15) is 0 Å². The average molecular weight is 384 g/mol. The number of aromatic amines is 1. The summed E-state index contributed by atoms with van der Waals surface area (Å²) in [5.74, 6) is -2.53. The first-order valence-electron chi connectivity index (χ1n) is 9.78. The zero-order valence-electron chi connectivity index (χ0n) is 16.2. The summed E-state index contributed by atoms with van der Waals surface area (Å²) in [4.78, 5) is 16.5. The largest absolute Gasteiger partial charge is 0.388 e. The standard InChI is InChI=1S/C19H30F2N4O2/c1-14-16(15(2)23-22-14)12-17(26)25-8-3-4-18(27,5-11-25)13-24-9-6-19(20,21)7-10-24/h27H,3-13H2,1-2H3,(H,22,23)/t18-/m0/s1. The maximum Gasteiger partial charge on any atom is 0.250 e. The van der Waals surface area contributed by atoms with E-state index in [1.807, 2.05) is 23.6 Å². The van der Waals surface area contributed by atoms with E-state index in [1.165, 1.54) is 0 Å². The Balaban J connectivity index is 1.54. The monoisotopic (exact) mass is 384 g/mol. The maximum absolute atomic E-state index is 13.3. The topological polar surface area (TPSA) is 72.5 Å². The average Bonchev–Trinajstić information content (AvgIpc) is 2.81. The number of aliphatic hydroxyl groups is 1. The number of aromatic nitrogens is 2. The normalized spacial score (nSPS) is 26.8. The third-order valence-electron chi connectivity index (χ3n) is 5.98. The summed E-state index contributed by atoms with van der Waals surface area (Å²) in [6, 6.07) is 0. The van der Waals surface area contributed by atoms with Gasteiger partial charge in [-0.25, -0.2) is 8.78 Å². The summed E-state index contributed by atoms with van der Waals surface area (Å²) in [5, 5.41) is 18.0. The number of likely N-dealkylation sites (tertiary alicyclic amines) is 2. The van der Waals surface area contributed by atoms with Crippen molar-refractivity contribution in [2.24, 2.45) is 0 Å². The second-order valence-corrected chi connectivity index (χ2v) is 8.18. The minimum Gasteiger partial charge on any atom is -0.388 e. The fraction of sp³-hybridized carbons (Fsp3) is 0.789. The first kappa shape index (κ1) is 20.2. The molecule has 2 fully saturated rings. The molecule has 2 aliphatic rings. The number of H-pyrrole nitrogens is 1. The molecule has 1 amide bonds. The van der Waals surface area contributed by atoms with Crippen LogP contribution in [-0.2, 0) is 11.2 Å². The van der Waals surface area contributed by atoms with E-state index >= 15 is 0 Å². The van der Waals surface area contributed by atoms with Crippen LogP contribution in [0, 0.1) is 13.8 Å². The molecule has 0 saturated carbocycles. The number of carbonyl (C=O) groups excluding carboxylic acids is 1. The van der Waals surface area contributed by atoms with Crippen LogP contribution in [0.4, 0.5) is 8.78 Å². The molecule has 1 atom stereocenters. The number of rotatable bonds is 4. The van der Waals surface area contributed by atoms with Crippen molar-refractivity contribution < 1.29 is 18.7 Å². The van der Waals surface area contributed by atoms with Gasteiger partial charge in [-0.3, -0.25) is 9.89 Å². The van der Waals surface area contributed by atoms with E-state index < -0.39 is 11.5 Å². The molecule has 27 heavy (non-hydrogen) atoms. The smallest absolute Gasteiger partial charge is 0.250 e. The number of hydrogen-bond acceptors (Lipinski definition) is 4. The van der Waals surface area contributed by atoms with E-state index in [1.54, 1.807) is 0 Å².